The van der Waals surface area contributed by atoms with Crippen molar-refractivity contribution >= 4 is 22.7 Å². The molecule has 1 heterocycles. The Morgan fingerprint density at radius 1 is 1.30 bits per heavy atom. The zero-order valence-electron chi connectivity index (χ0n) is 15.1. The number of benzene rings is 2. The normalized spacial score (nSPS) is 11.4. The van der Waals surface area contributed by atoms with Gasteiger partial charge in [-0.05, 0) is 43.4 Å². The number of nitrogens with zero attached hydrogens (tertiary/aromatic N) is 3. The molecule has 1 N–H and O–H groups in total. The molecular weight excluding hydrogens is 340 g/mol. The van der Waals surface area contributed by atoms with Crippen molar-refractivity contribution in [1.29, 1.82) is 5.26 Å². The van der Waals surface area contributed by atoms with Crippen molar-refractivity contribution in [3.8, 4) is 11.9 Å². The molecule has 136 valence electrons. The molecule has 0 aliphatic rings. The summed E-state index contributed by atoms with van der Waals surface area (Å²) in [7, 11) is 2.01. The molecule has 0 amide bonds. The predicted octanol–water partition coefficient (Wildman–Crippen LogP) is 4.19. The number of nitrogens with one attached hydrogen (secondary N) is 1. The molecule has 0 bridgehead atoms. The standard InChI is InChI=1S/C21H20N4O2/c1-3-11-25(2)14-19-13-16-12-17(9-10-20(16)26-19)24-21(23-15-22)27-18-7-5-4-6-8-18/h3-10,12-13H,1,11,14H2,2H3,(H,23,24). The van der Waals surface area contributed by atoms with E-state index in [1.165, 1.54) is 0 Å². The SMILES string of the molecule is C=CCN(C)Cc1cc2cc(N=C(NC#N)Oc3ccccc3)ccc2o1. The number of rotatable bonds is 6. The first kappa shape index (κ1) is 18.2. The fourth-order valence-electron chi connectivity index (χ4n) is 2.63. The fourth-order valence-corrected chi connectivity index (χ4v) is 2.63. The number of para-hydroxylation sites is 1. The molecule has 0 saturated heterocycles. The van der Waals surface area contributed by atoms with Crippen LogP contribution in [0, 0.1) is 11.5 Å². The Morgan fingerprint density at radius 3 is 2.85 bits per heavy atom. The van der Waals surface area contributed by atoms with Gasteiger partial charge in [0.25, 0.3) is 0 Å². The van der Waals surface area contributed by atoms with Crippen molar-refractivity contribution in [1.82, 2.24) is 10.2 Å². The van der Waals surface area contributed by atoms with Gasteiger partial charge in [0.2, 0.25) is 0 Å². The topological polar surface area (TPSA) is 73.8 Å². The molecule has 0 spiro atoms. The Kier molecular flexibility index (Phi) is 5.87. The molecule has 0 radical (unpaired) electrons. The average Bonchev–Trinajstić information content (AvgIpc) is 3.04. The van der Waals surface area contributed by atoms with E-state index in [0.717, 1.165) is 23.3 Å². The minimum atomic E-state index is 0.109. The monoisotopic (exact) mass is 360 g/mol. The van der Waals surface area contributed by atoms with E-state index >= 15 is 0 Å². The van der Waals surface area contributed by atoms with Gasteiger partial charge in [0.15, 0.2) is 6.19 Å². The number of likely N-dealkylation sites (N-methyl/N-ethyl adjacent to an activating group) is 1. The maximum Gasteiger partial charge on any atom is 0.309 e. The van der Waals surface area contributed by atoms with Crippen LogP contribution in [0.15, 0.2) is 76.7 Å². The summed E-state index contributed by atoms with van der Waals surface area (Å²) >= 11 is 0. The second-order valence-electron chi connectivity index (χ2n) is 5.99. The highest BCUT2D eigenvalue weighted by atomic mass is 16.5. The van der Waals surface area contributed by atoms with Gasteiger partial charge in [-0.25, -0.2) is 5.32 Å². The van der Waals surface area contributed by atoms with Crippen LogP contribution in [0.5, 0.6) is 5.75 Å². The number of fused-ring (bicyclic) bond motifs is 1. The maximum absolute atomic E-state index is 8.95. The van der Waals surface area contributed by atoms with Gasteiger partial charge in [-0.3, -0.25) is 4.90 Å². The Hall–Kier alpha value is -3.56. The molecule has 3 rings (SSSR count). The van der Waals surface area contributed by atoms with Crippen LogP contribution >= 0.6 is 0 Å². The van der Waals surface area contributed by atoms with E-state index in [4.69, 9.17) is 14.4 Å². The molecule has 2 aromatic carbocycles. The van der Waals surface area contributed by atoms with Gasteiger partial charge in [0.1, 0.15) is 17.1 Å². The van der Waals surface area contributed by atoms with Crippen molar-refractivity contribution < 1.29 is 9.15 Å². The largest absolute Gasteiger partial charge is 0.460 e. The minimum Gasteiger partial charge on any atom is -0.460 e. The van der Waals surface area contributed by atoms with Gasteiger partial charge >= 0.3 is 6.02 Å². The van der Waals surface area contributed by atoms with Crippen LogP contribution in [0.4, 0.5) is 5.69 Å². The summed E-state index contributed by atoms with van der Waals surface area (Å²) in [6, 6.07) is 16.8. The molecule has 0 atom stereocenters. The summed E-state index contributed by atoms with van der Waals surface area (Å²) in [6.45, 7) is 5.22. The number of amidine groups is 1. The second kappa shape index (κ2) is 8.70. The van der Waals surface area contributed by atoms with Crippen LogP contribution in [-0.4, -0.2) is 24.5 Å². The van der Waals surface area contributed by atoms with Gasteiger partial charge in [0, 0.05) is 11.9 Å². The van der Waals surface area contributed by atoms with Crippen molar-refractivity contribution in [3.63, 3.8) is 0 Å². The third kappa shape index (κ3) is 4.97. The lowest BCUT2D eigenvalue weighted by Crippen LogP contribution is -2.23. The summed E-state index contributed by atoms with van der Waals surface area (Å²) in [5, 5.41) is 12.4. The highest BCUT2D eigenvalue weighted by Crippen LogP contribution is 2.25. The van der Waals surface area contributed by atoms with Gasteiger partial charge in [0.05, 0.1) is 12.2 Å². The summed E-state index contributed by atoms with van der Waals surface area (Å²) in [5.74, 6) is 1.46. The fraction of sp³-hybridized carbons (Fsp3) is 0.143. The van der Waals surface area contributed by atoms with Crippen LogP contribution in [0.25, 0.3) is 11.0 Å². The quantitative estimate of drug-likeness (QED) is 0.235. The second-order valence-corrected chi connectivity index (χ2v) is 5.99. The van der Waals surface area contributed by atoms with Crippen molar-refractivity contribution in [2.24, 2.45) is 4.99 Å². The van der Waals surface area contributed by atoms with Crippen LogP contribution in [0.2, 0.25) is 0 Å². The van der Waals surface area contributed by atoms with E-state index in [0.29, 0.717) is 18.0 Å². The predicted molar refractivity (Wildman–Crippen MR) is 106 cm³/mol. The van der Waals surface area contributed by atoms with Gasteiger partial charge in [-0.2, -0.15) is 10.3 Å². The summed E-state index contributed by atoms with van der Waals surface area (Å²) in [5.41, 5.74) is 1.44. The molecule has 0 fully saturated rings. The highest BCUT2D eigenvalue weighted by molar-refractivity contribution is 5.85. The first-order chi connectivity index (χ1) is 13.2. The number of hydrogen-bond acceptors (Lipinski definition) is 5. The summed E-state index contributed by atoms with van der Waals surface area (Å²) in [4.78, 5) is 6.49. The summed E-state index contributed by atoms with van der Waals surface area (Å²) < 4.78 is 11.5. The first-order valence-corrected chi connectivity index (χ1v) is 8.46. The smallest absolute Gasteiger partial charge is 0.309 e. The van der Waals surface area contributed by atoms with Gasteiger partial charge in [-0.1, -0.05) is 24.3 Å². The Labute approximate surface area is 158 Å². The third-order valence-electron chi connectivity index (χ3n) is 3.77. The van der Waals surface area contributed by atoms with Crippen LogP contribution in [0.3, 0.4) is 0 Å². The zero-order chi connectivity index (χ0) is 19.1. The lowest BCUT2D eigenvalue weighted by Gasteiger charge is -2.11. The summed E-state index contributed by atoms with van der Waals surface area (Å²) in [6.07, 6.45) is 3.70. The number of ether oxygens (including phenoxy) is 1. The number of furan rings is 1. The van der Waals surface area contributed by atoms with E-state index in [9.17, 15) is 0 Å². The lowest BCUT2D eigenvalue weighted by molar-refractivity contribution is 0.328. The maximum atomic E-state index is 8.95. The van der Waals surface area contributed by atoms with Gasteiger partial charge in [-0.15, -0.1) is 6.58 Å². The number of aliphatic imine (C=N–C) groups is 1. The van der Waals surface area contributed by atoms with Crippen LogP contribution in [0.1, 0.15) is 5.76 Å². The molecule has 0 unspecified atom stereocenters. The van der Waals surface area contributed by atoms with Crippen molar-refractivity contribution in [3.05, 3.63) is 73.0 Å². The number of hydrogen-bond donors (Lipinski definition) is 1. The molecule has 6 nitrogen and oxygen atoms in total. The number of nitriles is 1. The van der Waals surface area contributed by atoms with E-state index in [1.54, 1.807) is 12.1 Å². The Balaban J connectivity index is 1.82. The van der Waals surface area contributed by atoms with E-state index in [1.807, 2.05) is 61.8 Å². The molecule has 0 aliphatic heterocycles. The molecular formula is C21H20N4O2. The Bertz CT molecular complexity index is 986. The third-order valence-corrected chi connectivity index (χ3v) is 3.77. The van der Waals surface area contributed by atoms with Crippen molar-refractivity contribution in [2.75, 3.05) is 13.6 Å². The molecule has 27 heavy (non-hydrogen) atoms. The van der Waals surface area contributed by atoms with E-state index in [2.05, 4.69) is 21.8 Å². The van der Waals surface area contributed by atoms with Crippen molar-refractivity contribution in [2.45, 2.75) is 6.54 Å². The molecule has 0 aliphatic carbocycles. The molecule has 0 saturated carbocycles. The van der Waals surface area contributed by atoms with E-state index < -0.39 is 0 Å². The molecule has 3 aromatic rings. The van der Waals surface area contributed by atoms with Gasteiger partial charge < -0.3 is 9.15 Å². The average molecular weight is 360 g/mol. The van der Waals surface area contributed by atoms with Crippen LogP contribution < -0.4 is 10.1 Å². The Morgan fingerprint density at radius 2 is 2.11 bits per heavy atom. The van der Waals surface area contributed by atoms with E-state index in [-0.39, 0.29) is 6.02 Å². The lowest BCUT2D eigenvalue weighted by atomic mass is 10.2. The first-order valence-electron chi connectivity index (χ1n) is 8.46. The molecule has 1 aromatic heterocycles. The highest BCUT2D eigenvalue weighted by Gasteiger charge is 2.08. The van der Waals surface area contributed by atoms with Crippen LogP contribution in [-0.2, 0) is 6.54 Å². The minimum absolute atomic E-state index is 0.109. The zero-order valence-corrected chi connectivity index (χ0v) is 15.1. The molecule has 6 heteroatoms.